The lowest BCUT2D eigenvalue weighted by Gasteiger charge is -2.24. The number of ether oxygens (including phenoxy) is 1. The summed E-state index contributed by atoms with van der Waals surface area (Å²) < 4.78 is 6.91. The molecule has 0 aliphatic heterocycles. The summed E-state index contributed by atoms with van der Waals surface area (Å²) in [5.74, 6) is 0.0260. The van der Waals surface area contributed by atoms with Crippen LogP contribution in [-0.2, 0) is 10.3 Å². The predicted molar refractivity (Wildman–Crippen MR) is 76.0 cm³/mol. The van der Waals surface area contributed by atoms with Crippen LogP contribution >= 0.6 is 0 Å². The van der Waals surface area contributed by atoms with E-state index in [1.807, 2.05) is 31.2 Å². The minimum absolute atomic E-state index is 0.358. The molecule has 0 radical (unpaired) electrons. The summed E-state index contributed by atoms with van der Waals surface area (Å²) in [5, 5.41) is 21.0. The summed E-state index contributed by atoms with van der Waals surface area (Å²) in [5.41, 5.74) is -0.539. The molecule has 0 bridgehead atoms. The number of rotatable bonds is 6. The Labute approximate surface area is 122 Å². The van der Waals surface area contributed by atoms with Gasteiger partial charge in [0.2, 0.25) is 0 Å². The number of para-hydroxylation sites is 1. The topological polar surface area (TPSA) is 90.1 Å². The van der Waals surface area contributed by atoms with Crippen LogP contribution < -0.4 is 4.74 Å². The summed E-state index contributed by atoms with van der Waals surface area (Å²) in [6, 6.07) is 7.30. The monoisotopic (exact) mass is 290 g/mol. The lowest BCUT2D eigenvalue weighted by molar-refractivity contribution is -0.147. The van der Waals surface area contributed by atoms with Crippen LogP contribution in [0.15, 0.2) is 24.3 Å². The molecule has 2 rings (SSSR count). The first-order valence-electron chi connectivity index (χ1n) is 6.79. The zero-order valence-corrected chi connectivity index (χ0v) is 12.3. The number of carboxylic acid groups (broad SMARTS) is 1. The summed E-state index contributed by atoms with van der Waals surface area (Å²) in [4.78, 5) is 11.6. The maximum Gasteiger partial charge on any atom is 0.331 e. The van der Waals surface area contributed by atoms with E-state index in [9.17, 15) is 9.90 Å². The lowest BCUT2D eigenvalue weighted by Crippen LogP contribution is -2.39. The molecule has 1 heterocycles. The van der Waals surface area contributed by atoms with Gasteiger partial charge in [-0.15, -0.1) is 5.10 Å². The zero-order chi connectivity index (χ0) is 15.5. The van der Waals surface area contributed by atoms with Crippen molar-refractivity contribution >= 4 is 5.97 Å². The third-order valence-corrected chi connectivity index (χ3v) is 3.51. The highest BCUT2D eigenvalue weighted by atomic mass is 16.5. The van der Waals surface area contributed by atoms with Crippen molar-refractivity contribution in [3.05, 3.63) is 24.3 Å². The van der Waals surface area contributed by atoms with Crippen LogP contribution in [0.4, 0.5) is 0 Å². The second-order valence-electron chi connectivity index (χ2n) is 4.78. The third kappa shape index (κ3) is 2.58. The number of aromatic nitrogens is 4. The normalized spacial score (nSPS) is 13.7. The Morgan fingerprint density at radius 1 is 1.38 bits per heavy atom. The number of benzene rings is 1. The lowest BCUT2D eigenvalue weighted by atomic mass is 9.99. The quantitative estimate of drug-likeness (QED) is 0.874. The Bertz CT molecular complexity index is 641. The van der Waals surface area contributed by atoms with E-state index in [0.717, 1.165) is 0 Å². The van der Waals surface area contributed by atoms with Gasteiger partial charge in [-0.05, 0) is 42.8 Å². The Balaban J connectivity index is 2.58. The number of carbonyl (C=O) groups is 1. The fourth-order valence-corrected chi connectivity index (χ4v) is 2.01. The molecule has 112 valence electrons. The van der Waals surface area contributed by atoms with Gasteiger partial charge in [0.05, 0.1) is 12.2 Å². The summed E-state index contributed by atoms with van der Waals surface area (Å²) >= 11 is 0. The number of carboxylic acids is 1. The highest BCUT2D eigenvalue weighted by Crippen LogP contribution is 2.31. The minimum Gasteiger partial charge on any atom is -0.493 e. The Hall–Kier alpha value is -2.44. The number of tetrazole rings is 1. The molecule has 1 aromatic carbocycles. The van der Waals surface area contributed by atoms with E-state index >= 15 is 0 Å². The fraction of sp³-hybridized carbons (Fsp3) is 0.429. The standard InChI is InChI=1S/C14H18N4O3/c1-4-14(3,13(19)20)18-12(15-16-17-18)10-8-6-7-9-11(10)21-5-2/h6-9H,4-5H2,1-3H3,(H,19,20). The van der Waals surface area contributed by atoms with Gasteiger partial charge in [0.25, 0.3) is 0 Å². The van der Waals surface area contributed by atoms with E-state index in [-0.39, 0.29) is 0 Å². The van der Waals surface area contributed by atoms with Gasteiger partial charge in [0.15, 0.2) is 11.4 Å². The number of nitrogens with zero attached hydrogens (tertiary/aromatic N) is 4. The molecule has 0 aliphatic carbocycles. The first kappa shape index (κ1) is 15.0. The van der Waals surface area contributed by atoms with Gasteiger partial charge in [-0.2, -0.15) is 0 Å². The second-order valence-corrected chi connectivity index (χ2v) is 4.78. The molecule has 7 heteroatoms. The van der Waals surface area contributed by atoms with Crippen molar-refractivity contribution in [3.63, 3.8) is 0 Å². The second kappa shape index (κ2) is 5.90. The smallest absolute Gasteiger partial charge is 0.331 e. The molecular formula is C14H18N4O3. The molecule has 1 atom stereocenters. The maximum absolute atomic E-state index is 11.6. The van der Waals surface area contributed by atoms with Crippen molar-refractivity contribution in [2.24, 2.45) is 0 Å². The van der Waals surface area contributed by atoms with Crippen LogP contribution in [0, 0.1) is 0 Å². The molecule has 0 saturated heterocycles. The Morgan fingerprint density at radius 2 is 2.10 bits per heavy atom. The van der Waals surface area contributed by atoms with Gasteiger partial charge in [-0.25, -0.2) is 9.48 Å². The van der Waals surface area contributed by atoms with E-state index in [0.29, 0.717) is 30.2 Å². The predicted octanol–water partition coefficient (Wildman–Crippen LogP) is 1.95. The van der Waals surface area contributed by atoms with E-state index in [1.54, 1.807) is 13.8 Å². The van der Waals surface area contributed by atoms with Crippen LogP contribution in [0.25, 0.3) is 11.4 Å². The van der Waals surface area contributed by atoms with E-state index < -0.39 is 11.5 Å². The van der Waals surface area contributed by atoms with Crippen LogP contribution in [0.5, 0.6) is 5.75 Å². The molecule has 0 fully saturated rings. The van der Waals surface area contributed by atoms with Crippen LogP contribution in [0.3, 0.4) is 0 Å². The molecule has 1 N–H and O–H groups in total. The van der Waals surface area contributed by atoms with Crippen molar-refractivity contribution in [1.82, 2.24) is 20.2 Å². The molecule has 21 heavy (non-hydrogen) atoms. The molecule has 0 aliphatic rings. The molecular weight excluding hydrogens is 272 g/mol. The van der Waals surface area contributed by atoms with Gasteiger partial charge < -0.3 is 9.84 Å². The van der Waals surface area contributed by atoms with Crippen molar-refractivity contribution in [2.75, 3.05) is 6.61 Å². The van der Waals surface area contributed by atoms with Crippen molar-refractivity contribution < 1.29 is 14.6 Å². The van der Waals surface area contributed by atoms with Gasteiger partial charge in [0.1, 0.15) is 5.75 Å². The third-order valence-electron chi connectivity index (χ3n) is 3.51. The molecule has 1 aromatic heterocycles. The van der Waals surface area contributed by atoms with Crippen molar-refractivity contribution in [2.45, 2.75) is 32.7 Å². The Morgan fingerprint density at radius 3 is 2.71 bits per heavy atom. The van der Waals surface area contributed by atoms with Crippen molar-refractivity contribution in [3.8, 4) is 17.1 Å². The molecule has 2 aromatic rings. The van der Waals surface area contributed by atoms with Gasteiger partial charge >= 0.3 is 5.97 Å². The number of aliphatic carboxylic acids is 1. The highest BCUT2D eigenvalue weighted by molar-refractivity contribution is 5.77. The SMILES string of the molecule is CCOc1ccccc1-c1nnnn1C(C)(CC)C(=O)O. The molecule has 7 nitrogen and oxygen atoms in total. The van der Waals surface area contributed by atoms with Gasteiger partial charge in [-0.3, -0.25) is 0 Å². The van der Waals surface area contributed by atoms with E-state index in [1.165, 1.54) is 4.68 Å². The molecule has 0 amide bonds. The number of hydrogen-bond acceptors (Lipinski definition) is 5. The van der Waals surface area contributed by atoms with Crippen LogP contribution in [0.1, 0.15) is 27.2 Å². The maximum atomic E-state index is 11.6. The van der Waals surface area contributed by atoms with Crippen LogP contribution in [0.2, 0.25) is 0 Å². The molecule has 0 saturated carbocycles. The summed E-state index contributed by atoms with van der Waals surface area (Å²) in [7, 11) is 0. The van der Waals surface area contributed by atoms with E-state index in [4.69, 9.17) is 4.74 Å². The number of hydrogen-bond donors (Lipinski definition) is 1. The average Bonchev–Trinajstić information content (AvgIpc) is 2.97. The molecule has 0 spiro atoms. The average molecular weight is 290 g/mol. The van der Waals surface area contributed by atoms with Crippen molar-refractivity contribution in [1.29, 1.82) is 0 Å². The first-order valence-corrected chi connectivity index (χ1v) is 6.79. The van der Waals surface area contributed by atoms with Crippen LogP contribution in [-0.4, -0.2) is 37.9 Å². The van der Waals surface area contributed by atoms with E-state index in [2.05, 4.69) is 15.5 Å². The minimum atomic E-state index is -1.21. The summed E-state index contributed by atoms with van der Waals surface area (Å²) in [6.07, 6.45) is 0.358. The Kier molecular flexibility index (Phi) is 4.21. The summed E-state index contributed by atoms with van der Waals surface area (Å²) in [6.45, 7) is 5.77. The first-order chi connectivity index (χ1) is 10.0. The van der Waals surface area contributed by atoms with Gasteiger partial charge in [0, 0.05) is 0 Å². The van der Waals surface area contributed by atoms with Gasteiger partial charge in [-0.1, -0.05) is 19.1 Å². The largest absolute Gasteiger partial charge is 0.493 e. The zero-order valence-electron chi connectivity index (χ0n) is 12.3. The fourth-order valence-electron chi connectivity index (χ4n) is 2.01. The highest BCUT2D eigenvalue weighted by Gasteiger charge is 2.37. The molecule has 1 unspecified atom stereocenters.